The molecule has 0 amide bonds. The average molecular weight is 384 g/mol. The number of aryl methyl sites for hydroxylation is 1. The molecule has 0 spiro atoms. The van der Waals surface area contributed by atoms with Crippen LogP contribution in [0.5, 0.6) is 0 Å². The van der Waals surface area contributed by atoms with Crippen LogP contribution in [0.4, 0.5) is 13.2 Å². The Kier molecular flexibility index (Phi) is 3.55. The molecule has 28 heavy (non-hydrogen) atoms. The van der Waals surface area contributed by atoms with E-state index in [4.69, 9.17) is 0 Å². The number of alkyl halides is 2. The lowest BCUT2D eigenvalue weighted by Gasteiger charge is -2.23. The van der Waals surface area contributed by atoms with Gasteiger partial charge in [-0.1, -0.05) is 0 Å². The maximum atomic E-state index is 14.0. The zero-order valence-corrected chi connectivity index (χ0v) is 14.9. The molecule has 0 radical (unpaired) electrons. The summed E-state index contributed by atoms with van der Waals surface area (Å²) in [7, 11) is 0. The molecule has 0 saturated heterocycles. The largest absolute Gasteiger partial charge is 0.267 e. The summed E-state index contributed by atoms with van der Waals surface area (Å²) in [4.78, 5) is 8.91. The molecule has 0 fully saturated rings. The van der Waals surface area contributed by atoms with Gasteiger partial charge in [0.2, 0.25) is 0 Å². The number of aromatic nitrogens is 6. The van der Waals surface area contributed by atoms with Crippen molar-refractivity contribution >= 4 is 11.0 Å². The predicted molar refractivity (Wildman–Crippen MR) is 96.3 cm³/mol. The molecule has 0 saturated carbocycles. The van der Waals surface area contributed by atoms with Gasteiger partial charge in [-0.05, 0) is 37.6 Å². The van der Waals surface area contributed by atoms with Crippen LogP contribution in [0.3, 0.4) is 0 Å². The van der Waals surface area contributed by atoms with Crippen molar-refractivity contribution in [1.82, 2.24) is 29.9 Å². The number of benzene rings is 1. The smallest absolute Gasteiger partial charge is 0.262 e. The maximum absolute atomic E-state index is 14.0. The van der Waals surface area contributed by atoms with Crippen molar-refractivity contribution in [3.8, 4) is 22.5 Å². The Bertz CT molecular complexity index is 1190. The summed E-state index contributed by atoms with van der Waals surface area (Å²) < 4.78 is 42.8. The number of hydrogen-bond acceptors (Lipinski definition) is 4. The second-order valence-corrected chi connectivity index (χ2v) is 6.94. The van der Waals surface area contributed by atoms with Crippen molar-refractivity contribution in [2.24, 2.45) is 0 Å². The number of nitrogens with zero attached hydrogens (tertiary/aromatic N) is 5. The van der Waals surface area contributed by atoms with Gasteiger partial charge in [0.1, 0.15) is 23.9 Å². The Morgan fingerprint density at radius 3 is 2.68 bits per heavy atom. The van der Waals surface area contributed by atoms with E-state index in [2.05, 4.69) is 25.3 Å². The standard InChI is InChI=1S/C19H15F3N6/c1-10-24-17(13-8-23-26-18(13)25-10)15-14-6-7-19(21,22)9-28(14)27-16(15)11-2-4-12(20)5-3-11/h2-5,8H,6-7,9H2,1H3,(H,23,24,25,26). The molecule has 5 rings (SSSR count). The summed E-state index contributed by atoms with van der Waals surface area (Å²) >= 11 is 0. The maximum Gasteiger partial charge on any atom is 0.267 e. The minimum absolute atomic E-state index is 0.166. The molecule has 1 aliphatic heterocycles. The fourth-order valence-corrected chi connectivity index (χ4v) is 3.68. The SMILES string of the molecule is Cc1nc(-c2c(-c3ccc(F)cc3)nn3c2CCC(F)(F)C3)c2cn[nH]c2n1. The van der Waals surface area contributed by atoms with E-state index in [1.165, 1.54) is 16.8 Å². The third kappa shape index (κ3) is 2.65. The summed E-state index contributed by atoms with van der Waals surface area (Å²) in [6.07, 6.45) is 1.52. The van der Waals surface area contributed by atoms with Gasteiger partial charge in [0, 0.05) is 17.7 Å². The molecular formula is C19H15F3N6. The summed E-state index contributed by atoms with van der Waals surface area (Å²) in [5.41, 5.74) is 3.63. The van der Waals surface area contributed by atoms with Crippen LogP contribution < -0.4 is 0 Å². The molecule has 4 heterocycles. The highest BCUT2D eigenvalue weighted by atomic mass is 19.3. The first kappa shape index (κ1) is 16.9. The molecule has 6 nitrogen and oxygen atoms in total. The molecule has 0 atom stereocenters. The monoisotopic (exact) mass is 384 g/mol. The van der Waals surface area contributed by atoms with Gasteiger partial charge >= 0.3 is 0 Å². The average Bonchev–Trinajstić information content (AvgIpc) is 3.24. The van der Waals surface area contributed by atoms with Crippen molar-refractivity contribution in [2.75, 3.05) is 0 Å². The fraction of sp³-hybridized carbons (Fsp3) is 0.263. The molecule has 1 N–H and O–H groups in total. The van der Waals surface area contributed by atoms with Crippen molar-refractivity contribution in [1.29, 1.82) is 0 Å². The van der Waals surface area contributed by atoms with Crippen LogP contribution in [-0.2, 0) is 13.0 Å². The number of hydrogen-bond donors (Lipinski definition) is 1. The highest BCUT2D eigenvalue weighted by Gasteiger charge is 2.38. The minimum Gasteiger partial charge on any atom is -0.262 e. The summed E-state index contributed by atoms with van der Waals surface area (Å²) in [6, 6.07) is 5.83. The van der Waals surface area contributed by atoms with E-state index in [-0.39, 0.29) is 18.7 Å². The third-order valence-corrected chi connectivity index (χ3v) is 4.94. The lowest BCUT2D eigenvalue weighted by Crippen LogP contribution is -2.31. The lowest BCUT2D eigenvalue weighted by atomic mass is 9.96. The van der Waals surface area contributed by atoms with Crippen molar-refractivity contribution < 1.29 is 13.2 Å². The van der Waals surface area contributed by atoms with Gasteiger partial charge in [0.25, 0.3) is 5.92 Å². The van der Waals surface area contributed by atoms with E-state index in [9.17, 15) is 13.2 Å². The molecule has 3 aromatic heterocycles. The molecule has 0 aliphatic carbocycles. The molecular weight excluding hydrogens is 369 g/mol. The highest BCUT2D eigenvalue weighted by Crippen LogP contribution is 2.41. The molecule has 4 aromatic rings. The lowest BCUT2D eigenvalue weighted by molar-refractivity contribution is -0.0377. The number of fused-ring (bicyclic) bond motifs is 2. The van der Waals surface area contributed by atoms with E-state index < -0.39 is 12.5 Å². The Labute approximate surface area is 157 Å². The van der Waals surface area contributed by atoms with Crippen LogP contribution in [0.1, 0.15) is 17.9 Å². The van der Waals surface area contributed by atoms with Gasteiger partial charge in [-0.15, -0.1) is 0 Å². The van der Waals surface area contributed by atoms with Crippen molar-refractivity contribution in [3.05, 3.63) is 47.8 Å². The van der Waals surface area contributed by atoms with E-state index in [1.807, 2.05) is 0 Å². The molecule has 142 valence electrons. The molecule has 0 unspecified atom stereocenters. The van der Waals surface area contributed by atoms with Crippen LogP contribution in [-0.4, -0.2) is 35.9 Å². The molecule has 1 aromatic carbocycles. The van der Waals surface area contributed by atoms with E-state index in [0.717, 1.165) is 0 Å². The van der Waals surface area contributed by atoms with Crippen molar-refractivity contribution in [2.45, 2.75) is 32.2 Å². The molecule has 1 aliphatic rings. The van der Waals surface area contributed by atoms with E-state index in [1.54, 1.807) is 25.3 Å². The zero-order valence-electron chi connectivity index (χ0n) is 14.9. The Morgan fingerprint density at radius 2 is 1.89 bits per heavy atom. The first-order valence-electron chi connectivity index (χ1n) is 8.83. The highest BCUT2D eigenvalue weighted by molar-refractivity contribution is 5.95. The quantitative estimate of drug-likeness (QED) is 0.569. The van der Waals surface area contributed by atoms with Crippen LogP contribution in [0.2, 0.25) is 0 Å². The van der Waals surface area contributed by atoms with Crippen LogP contribution in [0.25, 0.3) is 33.5 Å². The first-order valence-corrected chi connectivity index (χ1v) is 8.83. The van der Waals surface area contributed by atoms with Crippen LogP contribution >= 0.6 is 0 Å². The van der Waals surface area contributed by atoms with Gasteiger partial charge < -0.3 is 0 Å². The topological polar surface area (TPSA) is 72.3 Å². The second-order valence-electron chi connectivity index (χ2n) is 6.94. The fourth-order valence-electron chi connectivity index (χ4n) is 3.68. The van der Waals surface area contributed by atoms with Gasteiger partial charge in [0.05, 0.1) is 22.8 Å². The van der Waals surface area contributed by atoms with Gasteiger partial charge in [-0.3, -0.25) is 9.78 Å². The Morgan fingerprint density at radius 1 is 1.11 bits per heavy atom. The van der Waals surface area contributed by atoms with Gasteiger partial charge in [-0.2, -0.15) is 10.2 Å². The predicted octanol–water partition coefficient (Wildman–Crippen LogP) is 3.91. The summed E-state index contributed by atoms with van der Waals surface area (Å²) in [5, 5.41) is 12.0. The number of H-pyrrole nitrogens is 1. The number of rotatable bonds is 2. The van der Waals surface area contributed by atoms with E-state index in [0.29, 0.717) is 45.1 Å². The zero-order chi connectivity index (χ0) is 19.5. The molecule has 0 bridgehead atoms. The number of halogens is 3. The summed E-state index contributed by atoms with van der Waals surface area (Å²) in [5.74, 6) is -2.67. The van der Waals surface area contributed by atoms with Gasteiger partial charge in [-0.25, -0.2) is 23.1 Å². The first-order chi connectivity index (χ1) is 13.4. The summed E-state index contributed by atoms with van der Waals surface area (Å²) in [6.45, 7) is 1.26. The minimum atomic E-state index is -2.82. The number of nitrogens with one attached hydrogen (secondary N) is 1. The van der Waals surface area contributed by atoms with Crippen LogP contribution in [0.15, 0.2) is 30.5 Å². The molecule has 9 heteroatoms. The van der Waals surface area contributed by atoms with Crippen molar-refractivity contribution in [3.63, 3.8) is 0 Å². The normalized spacial score (nSPS) is 15.7. The Balaban J connectivity index is 1.81. The van der Waals surface area contributed by atoms with Crippen LogP contribution in [0, 0.1) is 12.7 Å². The Hall–Kier alpha value is -3.23. The van der Waals surface area contributed by atoms with E-state index >= 15 is 0 Å². The number of aromatic amines is 1. The second kappa shape index (κ2) is 5.88. The van der Waals surface area contributed by atoms with Gasteiger partial charge in [0.15, 0.2) is 5.65 Å². The third-order valence-electron chi connectivity index (χ3n) is 4.94.